The van der Waals surface area contributed by atoms with Gasteiger partial charge in [-0.3, -0.25) is 4.79 Å². The minimum atomic E-state index is -0.523. The van der Waals surface area contributed by atoms with Crippen LogP contribution in [0.2, 0.25) is 5.02 Å². The number of pyridine rings is 1. The molecule has 0 N–H and O–H groups in total. The van der Waals surface area contributed by atoms with Crippen molar-refractivity contribution in [2.24, 2.45) is 5.92 Å². The van der Waals surface area contributed by atoms with Crippen LogP contribution in [-0.4, -0.2) is 44.4 Å². The highest BCUT2D eigenvalue weighted by Crippen LogP contribution is 2.41. The van der Waals surface area contributed by atoms with E-state index < -0.39 is 5.82 Å². The maximum atomic E-state index is 14.7. The lowest BCUT2D eigenvalue weighted by atomic mass is 10.0. The number of rotatable bonds is 4. The van der Waals surface area contributed by atoms with E-state index in [2.05, 4.69) is 15.0 Å². The molecule has 0 radical (unpaired) electrons. The van der Waals surface area contributed by atoms with Crippen LogP contribution in [0.25, 0.3) is 11.4 Å². The summed E-state index contributed by atoms with van der Waals surface area (Å²) in [5, 5.41) is 0.453. The maximum absolute atomic E-state index is 14.7. The van der Waals surface area contributed by atoms with Gasteiger partial charge in [0.15, 0.2) is 5.82 Å². The number of hydrogen-bond donors (Lipinski definition) is 0. The molecule has 2 fully saturated rings. The van der Waals surface area contributed by atoms with Crippen LogP contribution in [0.5, 0.6) is 5.88 Å². The number of halogens is 2. The van der Waals surface area contributed by atoms with Crippen LogP contribution in [0, 0.1) is 18.7 Å². The number of likely N-dealkylation sites (tertiary alicyclic amines) is 1. The van der Waals surface area contributed by atoms with Crippen LogP contribution in [0.15, 0.2) is 48.9 Å². The third-order valence-corrected chi connectivity index (χ3v) is 6.20. The molecule has 5 rings (SSSR count). The average Bonchev–Trinajstić information content (AvgIpc) is 3.36. The summed E-state index contributed by atoms with van der Waals surface area (Å²) in [5.74, 6) is 0.127. The van der Waals surface area contributed by atoms with Gasteiger partial charge in [0.25, 0.3) is 5.91 Å². The number of ether oxygens (including phenoxy) is 1. The Bertz CT molecular complexity index is 1140. The summed E-state index contributed by atoms with van der Waals surface area (Å²) < 4.78 is 20.8. The number of piperidine rings is 1. The van der Waals surface area contributed by atoms with Gasteiger partial charge in [0.1, 0.15) is 16.9 Å². The summed E-state index contributed by atoms with van der Waals surface area (Å²) in [6.07, 6.45) is 6.23. The van der Waals surface area contributed by atoms with Crippen molar-refractivity contribution in [2.75, 3.05) is 6.54 Å². The fourth-order valence-electron chi connectivity index (χ4n) is 4.59. The Kier molecular flexibility index (Phi) is 5.06. The van der Waals surface area contributed by atoms with E-state index in [1.165, 1.54) is 24.5 Å². The zero-order valence-electron chi connectivity index (χ0n) is 16.8. The van der Waals surface area contributed by atoms with Crippen LogP contribution >= 0.6 is 11.6 Å². The molecule has 3 unspecified atom stereocenters. The number of carbonyl (C=O) groups is 1. The summed E-state index contributed by atoms with van der Waals surface area (Å²) in [7, 11) is 0. The molecule has 3 atom stereocenters. The Balaban J connectivity index is 1.43. The third kappa shape index (κ3) is 3.63. The van der Waals surface area contributed by atoms with E-state index in [0.29, 0.717) is 23.4 Å². The number of amides is 1. The van der Waals surface area contributed by atoms with Gasteiger partial charge < -0.3 is 9.64 Å². The van der Waals surface area contributed by atoms with Gasteiger partial charge in [-0.2, -0.15) is 0 Å². The molecule has 6 nitrogen and oxygen atoms in total. The molecule has 3 heterocycles. The van der Waals surface area contributed by atoms with Crippen molar-refractivity contribution in [3.05, 3.63) is 70.9 Å². The van der Waals surface area contributed by atoms with Gasteiger partial charge in [0.05, 0.1) is 17.2 Å². The summed E-state index contributed by atoms with van der Waals surface area (Å²) in [5.41, 5.74) is 1.32. The first kappa shape index (κ1) is 19.9. The summed E-state index contributed by atoms with van der Waals surface area (Å²) >= 11 is 6.29. The Morgan fingerprint density at radius 1 is 1.19 bits per heavy atom. The molecule has 1 aliphatic heterocycles. The smallest absolute Gasteiger partial charge is 0.255 e. The normalized spacial score (nSPS) is 22.0. The highest BCUT2D eigenvalue weighted by Gasteiger charge is 2.49. The number of nitrogens with zero attached hydrogens (tertiary/aromatic N) is 4. The Hall–Kier alpha value is -3.06. The summed E-state index contributed by atoms with van der Waals surface area (Å²) in [6.45, 7) is 2.53. The monoisotopic (exact) mass is 438 g/mol. The van der Waals surface area contributed by atoms with E-state index in [1.807, 2.05) is 6.92 Å². The highest BCUT2D eigenvalue weighted by molar-refractivity contribution is 6.31. The quantitative estimate of drug-likeness (QED) is 0.606. The molecule has 0 spiro atoms. The first-order valence-electron chi connectivity index (χ1n) is 10.2. The first-order chi connectivity index (χ1) is 15.0. The van der Waals surface area contributed by atoms with Crippen molar-refractivity contribution in [3.63, 3.8) is 0 Å². The largest absolute Gasteiger partial charge is 0.471 e. The molecule has 2 aliphatic rings. The van der Waals surface area contributed by atoms with Crippen molar-refractivity contribution in [3.8, 4) is 17.3 Å². The molecule has 8 heteroatoms. The van der Waals surface area contributed by atoms with Crippen molar-refractivity contribution in [2.45, 2.75) is 31.9 Å². The molecule has 2 bridgehead atoms. The molecule has 1 aromatic carbocycles. The standard InChI is InChI=1S/C23H20ClFN4O2/c1-13-8-16(24)22(28-11-13)31-19-10-14-9-18(19)29(12-14)23(30)15-4-2-5-17(25)20(15)21-26-6-3-7-27-21/h2-8,11,14,18-19H,9-10,12H2,1H3. The summed E-state index contributed by atoms with van der Waals surface area (Å²) in [4.78, 5) is 27.9. The third-order valence-electron chi connectivity index (χ3n) is 5.93. The zero-order chi connectivity index (χ0) is 21.5. The van der Waals surface area contributed by atoms with Crippen molar-refractivity contribution in [1.29, 1.82) is 0 Å². The number of carbonyl (C=O) groups excluding carboxylic acids is 1. The Morgan fingerprint density at radius 3 is 2.74 bits per heavy atom. The minimum Gasteiger partial charge on any atom is -0.471 e. The lowest BCUT2D eigenvalue weighted by molar-refractivity contribution is 0.0467. The molecule has 1 amide bonds. The topological polar surface area (TPSA) is 68.2 Å². The number of aromatic nitrogens is 3. The number of benzene rings is 1. The predicted molar refractivity (Wildman–Crippen MR) is 113 cm³/mol. The second-order valence-electron chi connectivity index (χ2n) is 8.05. The molecular formula is C23H20ClFN4O2. The lowest BCUT2D eigenvalue weighted by Gasteiger charge is -2.33. The zero-order valence-corrected chi connectivity index (χ0v) is 17.6. The van der Waals surface area contributed by atoms with Crippen LogP contribution in [-0.2, 0) is 0 Å². The second-order valence-corrected chi connectivity index (χ2v) is 8.46. The lowest BCUT2D eigenvalue weighted by Crippen LogP contribution is -2.47. The van der Waals surface area contributed by atoms with E-state index in [9.17, 15) is 9.18 Å². The number of fused-ring (bicyclic) bond motifs is 2. The SMILES string of the molecule is Cc1cnc(OC2CC3CC2N(C(=O)c2cccc(F)c2-c2ncccn2)C3)c(Cl)c1. The van der Waals surface area contributed by atoms with Crippen molar-refractivity contribution < 1.29 is 13.9 Å². The number of hydrogen-bond acceptors (Lipinski definition) is 5. The second kappa shape index (κ2) is 7.89. The van der Waals surface area contributed by atoms with Crippen LogP contribution in [0.1, 0.15) is 28.8 Å². The maximum Gasteiger partial charge on any atom is 0.255 e. The van der Waals surface area contributed by atoms with Gasteiger partial charge in [0, 0.05) is 25.1 Å². The van der Waals surface area contributed by atoms with Gasteiger partial charge in [-0.25, -0.2) is 19.3 Å². The average molecular weight is 439 g/mol. The molecule has 2 aromatic heterocycles. The van der Waals surface area contributed by atoms with Crippen molar-refractivity contribution >= 4 is 17.5 Å². The first-order valence-corrected chi connectivity index (χ1v) is 10.5. The minimum absolute atomic E-state index is 0.121. The van der Waals surface area contributed by atoms with Crippen LogP contribution < -0.4 is 4.74 Å². The van der Waals surface area contributed by atoms with Gasteiger partial charge >= 0.3 is 0 Å². The van der Waals surface area contributed by atoms with E-state index in [0.717, 1.165) is 18.4 Å². The van der Waals surface area contributed by atoms with Crippen LogP contribution in [0.4, 0.5) is 4.39 Å². The highest BCUT2D eigenvalue weighted by atomic mass is 35.5. The van der Waals surface area contributed by atoms with E-state index in [1.54, 1.807) is 29.3 Å². The van der Waals surface area contributed by atoms with Crippen molar-refractivity contribution in [1.82, 2.24) is 19.9 Å². The summed E-state index contributed by atoms with van der Waals surface area (Å²) in [6, 6.07) is 7.81. The van der Waals surface area contributed by atoms with Gasteiger partial charge in [-0.05, 0) is 55.5 Å². The fraction of sp³-hybridized carbons (Fsp3) is 0.304. The number of aryl methyl sites for hydroxylation is 1. The van der Waals surface area contributed by atoms with E-state index in [4.69, 9.17) is 16.3 Å². The fourth-order valence-corrected chi connectivity index (χ4v) is 4.85. The Morgan fingerprint density at radius 2 is 2.00 bits per heavy atom. The van der Waals surface area contributed by atoms with E-state index >= 15 is 0 Å². The van der Waals surface area contributed by atoms with Gasteiger partial charge in [-0.15, -0.1) is 0 Å². The van der Waals surface area contributed by atoms with Crippen LogP contribution in [0.3, 0.4) is 0 Å². The molecule has 3 aromatic rings. The molecule has 1 aliphatic carbocycles. The Labute approximate surface area is 184 Å². The molecule has 1 saturated carbocycles. The molecule has 1 saturated heterocycles. The molecule has 158 valence electrons. The molecule has 31 heavy (non-hydrogen) atoms. The van der Waals surface area contributed by atoms with Gasteiger partial charge in [-0.1, -0.05) is 17.7 Å². The molecular weight excluding hydrogens is 419 g/mol. The van der Waals surface area contributed by atoms with Gasteiger partial charge in [0.2, 0.25) is 5.88 Å². The predicted octanol–water partition coefficient (Wildman–Crippen LogP) is 4.32. The van der Waals surface area contributed by atoms with E-state index in [-0.39, 0.29) is 35.0 Å².